The Balaban J connectivity index is 1.99. The minimum atomic E-state index is -0.0108. The zero-order chi connectivity index (χ0) is 13.9. The first-order chi connectivity index (χ1) is 9.00. The van der Waals surface area contributed by atoms with Gasteiger partial charge >= 0.3 is 0 Å². The zero-order valence-electron chi connectivity index (χ0n) is 11.5. The van der Waals surface area contributed by atoms with Crippen LogP contribution in [-0.2, 0) is 4.74 Å². The lowest BCUT2D eigenvalue weighted by molar-refractivity contribution is 0.0238. The van der Waals surface area contributed by atoms with Crippen molar-refractivity contribution >= 4 is 21.8 Å². The summed E-state index contributed by atoms with van der Waals surface area (Å²) < 4.78 is 6.21. The first kappa shape index (κ1) is 14.5. The van der Waals surface area contributed by atoms with E-state index in [0.717, 1.165) is 36.1 Å². The van der Waals surface area contributed by atoms with Gasteiger partial charge in [0.2, 0.25) is 0 Å². The van der Waals surface area contributed by atoms with Crippen molar-refractivity contribution in [3.05, 3.63) is 33.8 Å². The first-order valence-electron chi connectivity index (χ1n) is 6.62. The number of hydrogen-bond donors (Lipinski definition) is 1. The summed E-state index contributed by atoms with van der Waals surface area (Å²) in [6, 6.07) is 5.81. The molecule has 0 spiro atoms. The number of nitrogens with one attached hydrogen (secondary N) is 1. The van der Waals surface area contributed by atoms with Crippen LogP contribution >= 0.6 is 15.9 Å². The number of halogens is 1. The van der Waals surface area contributed by atoms with Crippen molar-refractivity contribution < 1.29 is 9.53 Å². The number of hydrogen-bond acceptors (Lipinski definition) is 2. The second-order valence-electron chi connectivity index (χ2n) is 5.59. The highest BCUT2D eigenvalue weighted by Crippen LogP contribution is 2.29. The van der Waals surface area contributed by atoms with E-state index in [1.165, 1.54) is 0 Å². The van der Waals surface area contributed by atoms with Gasteiger partial charge in [-0.25, -0.2) is 0 Å². The van der Waals surface area contributed by atoms with Gasteiger partial charge in [0.25, 0.3) is 5.91 Å². The molecule has 0 aromatic heterocycles. The summed E-state index contributed by atoms with van der Waals surface area (Å²) >= 11 is 3.43. The fourth-order valence-corrected chi connectivity index (χ4v) is 2.67. The average molecular weight is 326 g/mol. The molecule has 1 aromatic carbocycles. The van der Waals surface area contributed by atoms with Crippen molar-refractivity contribution in [3.8, 4) is 0 Å². The SMILES string of the molecule is Cc1ccc(Br)c(C(=O)NCC2(C)CCOCC2)c1. The van der Waals surface area contributed by atoms with Crippen molar-refractivity contribution in [2.24, 2.45) is 5.41 Å². The molecule has 2 rings (SSSR count). The molecule has 4 heteroatoms. The molecule has 1 N–H and O–H groups in total. The Labute approximate surface area is 122 Å². The van der Waals surface area contributed by atoms with Gasteiger partial charge in [0.15, 0.2) is 0 Å². The quantitative estimate of drug-likeness (QED) is 0.925. The molecule has 1 aliphatic rings. The molecule has 1 heterocycles. The maximum absolute atomic E-state index is 12.2. The number of amides is 1. The van der Waals surface area contributed by atoms with E-state index in [4.69, 9.17) is 4.74 Å². The summed E-state index contributed by atoms with van der Waals surface area (Å²) in [5.74, 6) is -0.0108. The Morgan fingerprint density at radius 3 is 2.79 bits per heavy atom. The molecular formula is C15H20BrNO2. The third-order valence-electron chi connectivity index (χ3n) is 3.74. The highest BCUT2D eigenvalue weighted by Gasteiger charge is 2.28. The Morgan fingerprint density at radius 1 is 1.42 bits per heavy atom. The van der Waals surface area contributed by atoms with E-state index >= 15 is 0 Å². The lowest BCUT2D eigenvalue weighted by Gasteiger charge is -2.33. The topological polar surface area (TPSA) is 38.3 Å². The van der Waals surface area contributed by atoms with Crippen LogP contribution in [0.3, 0.4) is 0 Å². The molecule has 0 saturated carbocycles. The summed E-state index contributed by atoms with van der Waals surface area (Å²) in [7, 11) is 0. The van der Waals surface area contributed by atoms with Crippen LogP contribution < -0.4 is 5.32 Å². The molecule has 19 heavy (non-hydrogen) atoms. The first-order valence-corrected chi connectivity index (χ1v) is 7.42. The normalized spacial score (nSPS) is 18.1. The van der Waals surface area contributed by atoms with Crippen LogP contribution in [0.2, 0.25) is 0 Å². The van der Waals surface area contributed by atoms with Crippen LogP contribution in [0, 0.1) is 12.3 Å². The van der Waals surface area contributed by atoms with Crippen LogP contribution in [-0.4, -0.2) is 25.7 Å². The fraction of sp³-hybridized carbons (Fsp3) is 0.533. The maximum atomic E-state index is 12.2. The lowest BCUT2D eigenvalue weighted by atomic mass is 9.82. The average Bonchev–Trinajstić information content (AvgIpc) is 2.40. The Morgan fingerprint density at radius 2 is 2.11 bits per heavy atom. The summed E-state index contributed by atoms with van der Waals surface area (Å²) in [6.07, 6.45) is 2.00. The molecule has 0 aliphatic carbocycles. The van der Waals surface area contributed by atoms with Gasteiger partial charge < -0.3 is 10.1 Å². The van der Waals surface area contributed by atoms with Crippen LogP contribution in [0.5, 0.6) is 0 Å². The summed E-state index contributed by atoms with van der Waals surface area (Å²) in [5, 5.41) is 3.05. The standard InChI is InChI=1S/C15H20BrNO2/c1-11-3-4-13(16)12(9-11)14(18)17-10-15(2)5-7-19-8-6-15/h3-4,9H,5-8,10H2,1-2H3,(H,17,18). The Bertz CT molecular complexity index is 467. The molecule has 0 bridgehead atoms. The summed E-state index contributed by atoms with van der Waals surface area (Å²) in [4.78, 5) is 12.2. The van der Waals surface area contributed by atoms with Crippen molar-refractivity contribution in [2.45, 2.75) is 26.7 Å². The van der Waals surface area contributed by atoms with Gasteiger partial charge in [-0.1, -0.05) is 18.6 Å². The lowest BCUT2D eigenvalue weighted by Crippen LogP contribution is -2.39. The third-order valence-corrected chi connectivity index (χ3v) is 4.43. The number of rotatable bonds is 3. The second-order valence-corrected chi connectivity index (χ2v) is 6.44. The number of benzene rings is 1. The van der Waals surface area contributed by atoms with Gasteiger partial charge in [0.1, 0.15) is 0 Å². The minimum Gasteiger partial charge on any atom is -0.381 e. The molecule has 3 nitrogen and oxygen atoms in total. The molecule has 0 unspecified atom stereocenters. The highest BCUT2D eigenvalue weighted by atomic mass is 79.9. The predicted octanol–water partition coefficient (Wildman–Crippen LogP) is 3.30. The van der Waals surface area contributed by atoms with Crippen LogP contribution in [0.15, 0.2) is 22.7 Å². The van der Waals surface area contributed by atoms with Crippen molar-refractivity contribution in [2.75, 3.05) is 19.8 Å². The van der Waals surface area contributed by atoms with Gasteiger partial charge in [-0.3, -0.25) is 4.79 Å². The molecule has 0 radical (unpaired) electrons. The number of aryl methyl sites for hydroxylation is 1. The van der Waals surface area contributed by atoms with Gasteiger partial charge in [-0.2, -0.15) is 0 Å². The van der Waals surface area contributed by atoms with E-state index < -0.39 is 0 Å². The van der Waals surface area contributed by atoms with E-state index in [2.05, 4.69) is 28.2 Å². The van der Waals surface area contributed by atoms with Gasteiger partial charge in [-0.05, 0) is 53.2 Å². The van der Waals surface area contributed by atoms with Crippen LogP contribution in [0.25, 0.3) is 0 Å². The molecular weight excluding hydrogens is 306 g/mol. The largest absolute Gasteiger partial charge is 0.381 e. The molecule has 1 fully saturated rings. The van der Waals surface area contributed by atoms with E-state index in [9.17, 15) is 4.79 Å². The maximum Gasteiger partial charge on any atom is 0.252 e. The van der Waals surface area contributed by atoms with E-state index in [-0.39, 0.29) is 11.3 Å². The second kappa shape index (κ2) is 6.06. The summed E-state index contributed by atoms with van der Waals surface area (Å²) in [5.41, 5.74) is 1.95. The van der Waals surface area contributed by atoms with Crippen LogP contribution in [0.4, 0.5) is 0 Å². The number of carbonyl (C=O) groups is 1. The monoisotopic (exact) mass is 325 g/mol. The molecule has 1 amide bonds. The van der Waals surface area contributed by atoms with Crippen LogP contribution in [0.1, 0.15) is 35.7 Å². The van der Waals surface area contributed by atoms with E-state index in [1.54, 1.807) is 0 Å². The molecule has 104 valence electrons. The number of carbonyl (C=O) groups excluding carboxylic acids is 1. The van der Waals surface area contributed by atoms with Gasteiger partial charge in [-0.15, -0.1) is 0 Å². The van der Waals surface area contributed by atoms with E-state index in [1.807, 2.05) is 25.1 Å². The third kappa shape index (κ3) is 3.80. The highest BCUT2D eigenvalue weighted by molar-refractivity contribution is 9.10. The van der Waals surface area contributed by atoms with Crippen molar-refractivity contribution in [1.29, 1.82) is 0 Å². The van der Waals surface area contributed by atoms with Crippen molar-refractivity contribution in [1.82, 2.24) is 5.32 Å². The van der Waals surface area contributed by atoms with Gasteiger partial charge in [0, 0.05) is 24.2 Å². The van der Waals surface area contributed by atoms with E-state index in [0.29, 0.717) is 12.1 Å². The molecule has 0 atom stereocenters. The summed E-state index contributed by atoms with van der Waals surface area (Å²) in [6.45, 7) is 6.49. The zero-order valence-corrected chi connectivity index (χ0v) is 13.0. The Hall–Kier alpha value is -0.870. The molecule has 1 saturated heterocycles. The predicted molar refractivity (Wildman–Crippen MR) is 79.4 cm³/mol. The van der Waals surface area contributed by atoms with Gasteiger partial charge in [0.05, 0.1) is 5.56 Å². The smallest absolute Gasteiger partial charge is 0.252 e. The number of ether oxygens (including phenoxy) is 1. The molecule has 1 aliphatic heterocycles. The molecule has 1 aromatic rings. The minimum absolute atomic E-state index is 0.0108. The van der Waals surface area contributed by atoms with Crippen molar-refractivity contribution in [3.63, 3.8) is 0 Å². The fourth-order valence-electron chi connectivity index (χ4n) is 2.24. The Kier molecular flexibility index (Phi) is 4.63.